The highest BCUT2D eigenvalue weighted by Gasteiger charge is 2.25. The van der Waals surface area contributed by atoms with Crippen LogP contribution in [-0.2, 0) is 10.8 Å². The molecule has 1 aromatic heterocycles. The number of hydrogen-bond donors (Lipinski definition) is 2. The van der Waals surface area contributed by atoms with E-state index in [1.54, 1.807) is 6.07 Å². The van der Waals surface area contributed by atoms with E-state index in [2.05, 4.69) is 15.3 Å². The van der Waals surface area contributed by atoms with E-state index in [4.69, 9.17) is 0 Å². The number of aromatic nitrogens is 2. The topological polar surface area (TPSA) is 74.8 Å². The van der Waals surface area contributed by atoms with Gasteiger partial charge in [-0.3, -0.25) is 14.0 Å². The minimum Gasteiger partial charge on any atom is -0.353 e. The maximum Gasteiger partial charge on any atom is 0.260 e. The van der Waals surface area contributed by atoms with Crippen molar-refractivity contribution in [3.63, 3.8) is 0 Å². The highest BCUT2D eigenvalue weighted by Crippen LogP contribution is 2.25. The molecule has 0 amide bonds. The Morgan fingerprint density at radius 1 is 1.36 bits per heavy atom. The molecule has 3 rings (SSSR count). The SMILES string of the molecule is CCS(=O)C1CCCC(Nc2nc3ccccc3c(=O)[nH]2)C1. The van der Waals surface area contributed by atoms with Gasteiger partial charge in [-0.15, -0.1) is 0 Å². The average Bonchev–Trinajstić information content (AvgIpc) is 2.54. The summed E-state index contributed by atoms with van der Waals surface area (Å²) in [5, 5.41) is 4.17. The molecule has 1 heterocycles. The van der Waals surface area contributed by atoms with Gasteiger partial charge in [0, 0.05) is 27.8 Å². The van der Waals surface area contributed by atoms with Gasteiger partial charge < -0.3 is 5.32 Å². The van der Waals surface area contributed by atoms with Crippen LogP contribution in [0.15, 0.2) is 29.1 Å². The van der Waals surface area contributed by atoms with E-state index in [9.17, 15) is 9.00 Å². The number of fused-ring (bicyclic) bond motifs is 1. The van der Waals surface area contributed by atoms with E-state index < -0.39 is 10.8 Å². The second-order valence-electron chi connectivity index (χ2n) is 5.73. The first kappa shape index (κ1) is 15.2. The molecule has 1 aromatic carbocycles. The van der Waals surface area contributed by atoms with Crippen LogP contribution in [0.4, 0.5) is 5.95 Å². The second kappa shape index (κ2) is 6.60. The molecule has 2 N–H and O–H groups in total. The first-order valence-electron chi connectivity index (χ1n) is 7.80. The summed E-state index contributed by atoms with van der Waals surface area (Å²) in [6.07, 6.45) is 3.98. The lowest BCUT2D eigenvalue weighted by Crippen LogP contribution is -2.34. The molecule has 1 aliphatic rings. The zero-order chi connectivity index (χ0) is 15.5. The molecule has 0 aliphatic heterocycles. The molecule has 0 saturated heterocycles. The molecule has 0 spiro atoms. The number of hydrogen-bond acceptors (Lipinski definition) is 4. The Morgan fingerprint density at radius 2 is 2.18 bits per heavy atom. The lowest BCUT2D eigenvalue weighted by Gasteiger charge is -2.29. The molecule has 6 heteroatoms. The van der Waals surface area contributed by atoms with E-state index in [0.717, 1.165) is 25.7 Å². The fraction of sp³-hybridized carbons (Fsp3) is 0.500. The van der Waals surface area contributed by atoms with Crippen LogP contribution >= 0.6 is 0 Å². The first-order chi connectivity index (χ1) is 10.7. The van der Waals surface area contributed by atoms with E-state index in [0.29, 0.717) is 22.6 Å². The molecule has 2 aromatic rings. The Morgan fingerprint density at radius 3 is 3.00 bits per heavy atom. The van der Waals surface area contributed by atoms with Crippen LogP contribution in [0.3, 0.4) is 0 Å². The number of aromatic amines is 1. The highest BCUT2D eigenvalue weighted by molar-refractivity contribution is 7.85. The largest absolute Gasteiger partial charge is 0.353 e. The minimum atomic E-state index is -0.751. The number of nitrogens with zero attached hydrogens (tertiary/aromatic N) is 1. The van der Waals surface area contributed by atoms with Crippen LogP contribution in [0, 0.1) is 0 Å². The molecule has 22 heavy (non-hydrogen) atoms. The van der Waals surface area contributed by atoms with E-state index in [1.165, 1.54) is 0 Å². The molecular weight excluding hydrogens is 298 g/mol. The van der Waals surface area contributed by atoms with Crippen molar-refractivity contribution < 1.29 is 4.21 Å². The van der Waals surface area contributed by atoms with Crippen LogP contribution in [-0.4, -0.2) is 31.2 Å². The maximum absolute atomic E-state index is 12.1. The van der Waals surface area contributed by atoms with Gasteiger partial charge in [0.05, 0.1) is 10.9 Å². The van der Waals surface area contributed by atoms with Gasteiger partial charge in [-0.2, -0.15) is 0 Å². The van der Waals surface area contributed by atoms with Crippen LogP contribution in [0.5, 0.6) is 0 Å². The van der Waals surface area contributed by atoms with E-state index >= 15 is 0 Å². The molecule has 3 unspecified atom stereocenters. The monoisotopic (exact) mass is 319 g/mol. The van der Waals surface area contributed by atoms with Crippen molar-refractivity contribution in [2.45, 2.75) is 43.9 Å². The van der Waals surface area contributed by atoms with Crippen molar-refractivity contribution in [1.29, 1.82) is 0 Å². The Hall–Kier alpha value is -1.69. The highest BCUT2D eigenvalue weighted by atomic mass is 32.2. The smallest absolute Gasteiger partial charge is 0.260 e. The Kier molecular flexibility index (Phi) is 4.57. The predicted octanol–water partition coefficient (Wildman–Crippen LogP) is 2.41. The molecule has 0 bridgehead atoms. The molecule has 0 radical (unpaired) electrons. The van der Waals surface area contributed by atoms with Crippen molar-refractivity contribution in [2.24, 2.45) is 0 Å². The third-order valence-electron chi connectivity index (χ3n) is 4.24. The van der Waals surface area contributed by atoms with Gasteiger partial charge in [-0.1, -0.05) is 25.5 Å². The van der Waals surface area contributed by atoms with E-state index in [1.807, 2.05) is 25.1 Å². The van der Waals surface area contributed by atoms with Gasteiger partial charge in [0.2, 0.25) is 5.95 Å². The number of benzene rings is 1. The van der Waals surface area contributed by atoms with Crippen molar-refractivity contribution in [1.82, 2.24) is 9.97 Å². The summed E-state index contributed by atoms with van der Waals surface area (Å²) in [7, 11) is -0.751. The number of H-pyrrole nitrogens is 1. The van der Waals surface area contributed by atoms with Crippen LogP contribution in [0.2, 0.25) is 0 Å². The summed E-state index contributed by atoms with van der Waals surface area (Å²) in [4.78, 5) is 19.4. The molecule has 118 valence electrons. The third kappa shape index (κ3) is 3.21. The summed E-state index contributed by atoms with van der Waals surface area (Å²) < 4.78 is 12.0. The molecule has 5 nitrogen and oxygen atoms in total. The van der Waals surface area contributed by atoms with Crippen LogP contribution in [0.1, 0.15) is 32.6 Å². The standard InChI is InChI=1S/C16H21N3O2S/c1-2-22(21)12-7-5-6-11(10-12)17-16-18-14-9-4-3-8-13(14)15(20)19-16/h3-4,8-9,11-12H,2,5-7,10H2,1H3,(H2,17,18,19,20). The zero-order valence-electron chi connectivity index (χ0n) is 12.7. The molecular formula is C16H21N3O2S. The number of para-hydroxylation sites is 1. The van der Waals surface area contributed by atoms with Gasteiger partial charge in [-0.25, -0.2) is 4.98 Å². The number of anilines is 1. The minimum absolute atomic E-state index is 0.127. The fourth-order valence-corrected chi connectivity index (χ4v) is 4.45. The van der Waals surface area contributed by atoms with Crippen molar-refractivity contribution in [3.05, 3.63) is 34.6 Å². The molecule has 3 atom stereocenters. The molecule has 1 fully saturated rings. The third-order valence-corrected chi connectivity index (χ3v) is 5.98. The second-order valence-corrected chi connectivity index (χ2v) is 7.74. The average molecular weight is 319 g/mol. The summed E-state index contributed by atoms with van der Waals surface area (Å²) in [5.41, 5.74) is 0.566. The van der Waals surface area contributed by atoms with Gasteiger partial charge in [0.25, 0.3) is 5.56 Å². The summed E-state index contributed by atoms with van der Waals surface area (Å²) >= 11 is 0. The quantitative estimate of drug-likeness (QED) is 0.907. The van der Waals surface area contributed by atoms with E-state index in [-0.39, 0.29) is 16.9 Å². The molecule has 1 aliphatic carbocycles. The Labute approximate surface area is 132 Å². The molecule has 1 saturated carbocycles. The lowest BCUT2D eigenvalue weighted by atomic mass is 9.95. The summed E-state index contributed by atoms with van der Waals surface area (Å²) in [5.74, 6) is 1.22. The zero-order valence-corrected chi connectivity index (χ0v) is 13.5. The normalized spacial score (nSPS) is 23.3. The lowest BCUT2D eigenvalue weighted by molar-refractivity contribution is 0.463. The van der Waals surface area contributed by atoms with Gasteiger partial charge >= 0.3 is 0 Å². The van der Waals surface area contributed by atoms with Gasteiger partial charge in [0.15, 0.2) is 0 Å². The van der Waals surface area contributed by atoms with Crippen molar-refractivity contribution >= 4 is 27.7 Å². The summed E-state index contributed by atoms with van der Waals surface area (Å²) in [6, 6.07) is 7.54. The maximum atomic E-state index is 12.1. The van der Waals surface area contributed by atoms with Crippen molar-refractivity contribution in [3.8, 4) is 0 Å². The van der Waals surface area contributed by atoms with Crippen LogP contribution < -0.4 is 10.9 Å². The van der Waals surface area contributed by atoms with Gasteiger partial charge in [-0.05, 0) is 31.4 Å². The fourth-order valence-electron chi connectivity index (χ4n) is 3.10. The Bertz CT molecular complexity index is 743. The van der Waals surface area contributed by atoms with Crippen LogP contribution in [0.25, 0.3) is 10.9 Å². The number of nitrogens with one attached hydrogen (secondary N) is 2. The van der Waals surface area contributed by atoms with Crippen molar-refractivity contribution in [2.75, 3.05) is 11.1 Å². The predicted molar refractivity (Wildman–Crippen MR) is 90.7 cm³/mol. The summed E-state index contributed by atoms with van der Waals surface area (Å²) in [6.45, 7) is 1.97. The van der Waals surface area contributed by atoms with Gasteiger partial charge in [0.1, 0.15) is 0 Å². The Balaban J connectivity index is 1.78. The number of rotatable bonds is 4. The first-order valence-corrected chi connectivity index (χ1v) is 9.18.